The Bertz CT molecular complexity index is 357. The van der Waals surface area contributed by atoms with Crippen molar-refractivity contribution in [2.24, 2.45) is 0 Å². The molecule has 0 spiro atoms. The van der Waals surface area contributed by atoms with E-state index in [0.29, 0.717) is 6.54 Å². The molecule has 0 atom stereocenters. The van der Waals surface area contributed by atoms with E-state index in [2.05, 4.69) is 12.2 Å². The number of aryl methyl sites for hydroxylation is 1. The van der Waals surface area contributed by atoms with Crippen LogP contribution >= 0.6 is 0 Å². The second kappa shape index (κ2) is 8.08. The molecule has 0 unspecified atom stereocenters. The van der Waals surface area contributed by atoms with E-state index in [4.69, 9.17) is 4.74 Å². The number of hydrogen-bond acceptors (Lipinski definition) is 3. The fourth-order valence-electron chi connectivity index (χ4n) is 1.65. The molecule has 1 rings (SSSR count). The van der Waals surface area contributed by atoms with Gasteiger partial charge in [0.15, 0.2) is 0 Å². The van der Waals surface area contributed by atoms with E-state index in [-0.39, 0.29) is 5.69 Å². The molecule has 1 aromatic rings. The number of imidazole rings is 1. The van der Waals surface area contributed by atoms with Gasteiger partial charge in [0, 0.05) is 45.2 Å². The van der Waals surface area contributed by atoms with E-state index in [9.17, 15) is 4.79 Å². The Hall–Kier alpha value is -1.07. The average molecular weight is 241 g/mol. The fourth-order valence-corrected chi connectivity index (χ4v) is 1.65. The normalized spacial score (nSPS) is 10.9. The van der Waals surface area contributed by atoms with Crippen molar-refractivity contribution in [2.45, 2.75) is 33.4 Å². The summed E-state index contributed by atoms with van der Waals surface area (Å²) in [6.07, 6.45) is 4.69. The molecule has 1 aromatic heterocycles. The quantitative estimate of drug-likeness (QED) is 0.647. The minimum absolute atomic E-state index is 0.0819. The SMILES string of the molecule is CCCn1ccn(CCNCCOCC)c1=O. The molecule has 5 heteroatoms. The topological polar surface area (TPSA) is 48.2 Å². The predicted molar refractivity (Wildman–Crippen MR) is 68.3 cm³/mol. The van der Waals surface area contributed by atoms with Crippen LogP contribution < -0.4 is 11.0 Å². The Labute approximate surface area is 102 Å². The fraction of sp³-hybridized carbons (Fsp3) is 0.750. The van der Waals surface area contributed by atoms with E-state index < -0.39 is 0 Å². The van der Waals surface area contributed by atoms with Crippen molar-refractivity contribution in [1.82, 2.24) is 14.5 Å². The lowest BCUT2D eigenvalue weighted by molar-refractivity contribution is 0.149. The Morgan fingerprint density at radius 3 is 2.53 bits per heavy atom. The summed E-state index contributed by atoms with van der Waals surface area (Å²) in [4.78, 5) is 11.8. The summed E-state index contributed by atoms with van der Waals surface area (Å²) in [5.74, 6) is 0. The molecule has 1 heterocycles. The lowest BCUT2D eigenvalue weighted by Crippen LogP contribution is -2.29. The van der Waals surface area contributed by atoms with E-state index in [0.717, 1.165) is 39.3 Å². The summed E-state index contributed by atoms with van der Waals surface area (Å²) in [6.45, 7) is 8.66. The van der Waals surface area contributed by atoms with Gasteiger partial charge in [0.25, 0.3) is 0 Å². The van der Waals surface area contributed by atoms with Gasteiger partial charge in [0.05, 0.1) is 6.61 Å². The number of aromatic nitrogens is 2. The van der Waals surface area contributed by atoms with Crippen LogP contribution in [0.3, 0.4) is 0 Å². The van der Waals surface area contributed by atoms with Gasteiger partial charge in [0.1, 0.15) is 0 Å². The first-order valence-electron chi connectivity index (χ1n) is 6.33. The lowest BCUT2D eigenvalue weighted by atomic mass is 10.5. The van der Waals surface area contributed by atoms with Crippen molar-refractivity contribution in [3.05, 3.63) is 22.9 Å². The second-order valence-corrected chi connectivity index (χ2v) is 3.91. The van der Waals surface area contributed by atoms with Gasteiger partial charge >= 0.3 is 5.69 Å². The summed E-state index contributed by atoms with van der Waals surface area (Å²) < 4.78 is 8.70. The van der Waals surface area contributed by atoms with Gasteiger partial charge in [-0.1, -0.05) is 6.92 Å². The molecule has 5 nitrogen and oxygen atoms in total. The summed E-state index contributed by atoms with van der Waals surface area (Å²) in [6, 6.07) is 0. The van der Waals surface area contributed by atoms with Crippen LogP contribution in [0.15, 0.2) is 17.2 Å². The highest BCUT2D eigenvalue weighted by Gasteiger charge is 2.01. The minimum Gasteiger partial charge on any atom is -0.380 e. The van der Waals surface area contributed by atoms with Crippen molar-refractivity contribution < 1.29 is 4.74 Å². The highest BCUT2D eigenvalue weighted by atomic mass is 16.5. The van der Waals surface area contributed by atoms with Crippen molar-refractivity contribution >= 4 is 0 Å². The van der Waals surface area contributed by atoms with Gasteiger partial charge < -0.3 is 10.1 Å². The third-order valence-corrected chi connectivity index (χ3v) is 2.54. The Morgan fingerprint density at radius 2 is 1.88 bits per heavy atom. The number of ether oxygens (including phenoxy) is 1. The average Bonchev–Trinajstić information content (AvgIpc) is 2.67. The molecule has 0 fully saturated rings. The van der Waals surface area contributed by atoms with Crippen LogP contribution in [0, 0.1) is 0 Å². The van der Waals surface area contributed by atoms with Crippen LogP contribution in [-0.2, 0) is 17.8 Å². The smallest absolute Gasteiger partial charge is 0.328 e. The van der Waals surface area contributed by atoms with Crippen LogP contribution in [0.25, 0.3) is 0 Å². The predicted octanol–water partition coefficient (Wildman–Crippen LogP) is 0.686. The third kappa shape index (κ3) is 4.75. The first-order valence-corrected chi connectivity index (χ1v) is 6.33. The number of hydrogen-bond donors (Lipinski definition) is 1. The van der Waals surface area contributed by atoms with Gasteiger partial charge in [-0.3, -0.25) is 9.13 Å². The first kappa shape index (κ1) is 14.0. The molecule has 17 heavy (non-hydrogen) atoms. The molecular weight excluding hydrogens is 218 g/mol. The maximum Gasteiger partial charge on any atom is 0.328 e. The first-order chi connectivity index (χ1) is 8.29. The van der Waals surface area contributed by atoms with Crippen molar-refractivity contribution in [3.63, 3.8) is 0 Å². The molecule has 0 bridgehead atoms. The van der Waals surface area contributed by atoms with E-state index >= 15 is 0 Å². The zero-order valence-electron chi connectivity index (χ0n) is 10.8. The minimum atomic E-state index is 0.0819. The van der Waals surface area contributed by atoms with Crippen molar-refractivity contribution in [3.8, 4) is 0 Å². The van der Waals surface area contributed by atoms with E-state index in [1.807, 2.05) is 19.3 Å². The second-order valence-electron chi connectivity index (χ2n) is 3.91. The number of rotatable bonds is 9. The molecule has 0 aliphatic rings. The zero-order chi connectivity index (χ0) is 12.5. The Balaban J connectivity index is 2.25. The van der Waals surface area contributed by atoms with Crippen LogP contribution in [-0.4, -0.2) is 35.4 Å². The molecule has 0 saturated carbocycles. The highest BCUT2D eigenvalue weighted by Crippen LogP contribution is 1.88. The summed E-state index contributed by atoms with van der Waals surface area (Å²) in [7, 11) is 0. The molecule has 0 saturated heterocycles. The number of nitrogens with one attached hydrogen (secondary N) is 1. The van der Waals surface area contributed by atoms with Crippen LogP contribution in [0.4, 0.5) is 0 Å². The van der Waals surface area contributed by atoms with Crippen molar-refractivity contribution in [2.75, 3.05) is 26.3 Å². The van der Waals surface area contributed by atoms with Crippen molar-refractivity contribution in [1.29, 1.82) is 0 Å². The maximum atomic E-state index is 11.8. The largest absolute Gasteiger partial charge is 0.380 e. The zero-order valence-corrected chi connectivity index (χ0v) is 10.8. The summed E-state index contributed by atoms with van der Waals surface area (Å²) in [5, 5.41) is 3.24. The highest BCUT2D eigenvalue weighted by molar-refractivity contribution is 4.81. The van der Waals surface area contributed by atoms with E-state index in [1.54, 1.807) is 9.13 Å². The van der Waals surface area contributed by atoms with Gasteiger partial charge in [-0.05, 0) is 13.3 Å². The van der Waals surface area contributed by atoms with Gasteiger partial charge in [-0.15, -0.1) is 0 Å². The Morgan fingerprint density at radius 1 is 1.18 bits per heavy atom. The molecule has 1 N–H and O–H groups in total. The van der Waals surface area contributed by atoms with Crippen LogP contribution in [0.2, 0.25) is 0 Å². The molecule has 98 valence electrons. The monoisotopic (exact) mass is 241 g/mol. The van der Waals surface area contributed by atoms with Gasteiger partial charge in [-0.2, -0.15) is 0 Å². The standard InChI is InChI=1S/C12H23N3O2/c1-3-7-14-9-10-15(12(14)16)8-5-13-6-11-17-4-2/h9-10,13H,3-8,11H2,1-2H3. The van der Waals surface area contributed by atoms with Gasteiger partial charge in [-0.25, -0.2) is 4.79 Å². The molecule has 0 aliphatic heterocycles. The molecule has 0 amide bonds. The maximum absolute atomic E-state index is 11.8. The van der Waals surface area contributed by atoms with Crippen LogP contribution in [0.5, 0.6) is 0 Å². The van der Waals surface area contributed by atoms with E-state index in [1.165, 1.54) is 0 Å². The molecular formula is C12H23N3O2. The lowest BCUT2D eigenvalue weighted by Gasteiger charge is -2.05. The molecule has 0 aliphatic carbocycles. The summed E-state index contributed by atoms with van der Waals surface area (Å²) >= 11 is 0. The van der Waals surface area contributed by atoms with Gasteiger partial charge in [0.2, 0.25) is 0 Å². The van der Waals surface area contributed by atoms with Crippen LogP contribution in [0.1, 0.15) is 20.3 Å². The Kier molecular flexibility index (Phi) is 6.65. The number of nitrogens with zero attached hydrogens (tertiary/aromatic N) is 2. The molecule has 0 radical (unpaired) electrons. The third-order valence-electron chi connectivity index (χ3n) is 2.54. The molecule has 0 aromatic carbocycles. The summed E-state index contributed by atoms with van der Waals surface area (Å²) in [5.41, 5.74) is 0.0819.